The van der Waals surface area contributed by atoms with Crippen molar-refractivity contribution >= 4 is 70.9 Å². The van der Waals surface area contributed by atoms with Gasteiger partial charge in [-0.3, -0.25) is 0 Å². The number of fused-ring (bicyclic) bond motifs is 8. The number of rotatable bonds is 7. The van der Waals surface area contributed by atoms with Crippen LogP contribution in [0.4, 0.5) is 17.1 Å². The van der Waals surface area contributed by atoms with E-state index in [2.05, 4.69) is 280 Å². The molecule has 0 radical (unpaired) electrons. The van der Waals surface area contributed by atoms with Gasteiger partial charge in [-0.15, -0.1) is 0 Å². The molecule has 0 aliphatic heterocycles. The molecule has 338 valence electrons. The molecule has 13 aromatic rings. The summed E-state index contributed by atoms with van der Waals surface area (Å²) in [6.07, 6.45) is 0. The molecule has 1 heteroatoms. The third kappa shape index (κ3) is 6.27. The van der Waals surface area contributed by atoms with Gasteiger partial charge in [0.25, 0.3) is 0 Å². The van der Waals surface area contributed by atoms with E-state index in [0.717, 1.165) is 5.69 Å². The van der Waals surface area contributed by atoms with E-state index in [1.165, 1.54) is 132 Å². The molecule has 0 saturated carbocycles. The van der Waals surface area contributed by atoms with E-state index in [-0.39, 0.29) is 0 Å². The van der Waals surface area contributed by atoms with Gasteiger partial charge in [0.1, 0.15) is 0 Å². The van der Waals surface area contributed by atoms with Crippen LogP contribution < -0.4 is 4.90 Å². The smallest absolute Gasteiger partial charge is 0.0713 e. The van der Waals surface area contributed by atoms with Crippen molar-refractivity contribution in [2.75, 3.05) is 4.90 Å². The van der Waals surface area contributed by atoms with Crippen molar-refractivity contribution in [1.82, 2.24) is 0 Å². The highest BCUT2D eigenvalue weighted by atomic mass is 15.1. The molecule has 0 atom stereocenters. The second-order valence-electron chi connectivity index (χ2n) is 19.6. The predicted molar refractivity (Wildman–Crippen MR) is 306 cm³/mol. The Balaban J connectivity index is 0.936. The quantitative estimate of drug-likeness (QED) is 0.144. The van der Waals surface area contributed by atoms with Gasteiger partial charge in [-0.1, -0.05) is 224 Å². The molecule has 72 heavy (non-hydrogen) atoms. The maximum atomic E-state index is 2.48. The lowest BCUT2D eigenvalue weighted by atomic mass is 9.67. The number of benzene rings is 13. The zero-order chi connectivity index (χ0) is 47.9. The maximum Gasteiger partial charge on any atom is 0.0713 e. The molecule has 0 bridgehead atoms. The Labute approximate surface area is 420 Å². The lowest BCUT2D eigenvalue weighted by Gasteiger charge is -2.33. The average molecular weight is 916 g/mol. The van der Waals surface area contributed by atoms with E-state index < -0.39 is 5.41 Å². The molecular formula is C71H49N. The van der Waals surface area contributed by atoms with Crippen molar-refractivity contribution in [3.8, 4) is 33.4 Å². The topological polar surface area (TPSA) is 3.24 Å². The first kappa shape index (κ1) is 41.9. The van der Waals surface area contributed by atoms with Gasteiger partial charge in [-0.2, -0.15) is 0 Å². The maximum absolute atomic E-state index is 2.48. The van der Waals surface area contributed by atoms with E-state index in [0.29, 0.717) is 0 Å². The van der Waals surface area contributed by atoms with Gasteiger partial charge in [0, 0.05) is 16.5 Å². The van der Waals surface area contributed by atoms with Crippen LogP contribution in [0, 0.1) is 13.8 Å². The van der Waals surface area contributed by atoms with Crippen LogP contribution in [-0.2, 0) is 5.41 Å². The van der Waals surface area contributed by atoms with E-state index in [1.807, 2.05) is 0 Å². The van der Waals surface area contributed by atoms with Gasteiger partial charge in [0.15, 0.2) is 0 Å². The Hall–Kier alpha value is -9.04. The molecule has 0 amide bonds. The van der Waals surface area contributed by atoms with E-state index >= 15 is 0 Å². The minimum Gasteiger partial charge on any atom is -0.309 e. The molecule has 0 aromatic heterocycles. The lowest BCUT2D eigenvalue weighted by molar-refractivity contribution is 0.768. The number of hydrogen-bond donors (Lipinski definition) is 0. The van der Waals surface area contributed by atoms with Crippen LogP contribution in [0.25, 0.3) is 87.2 Å². The molecule has 14 rings (SSSR count). The third-order valence-electron chi connectivity index (χ3n) is 15.8. The van der Waals surface area contributed by atoms with Crippen molar-refractivity contribution in [2.45, 2.75) is 19.3 Å². The molecule has 0 unspecified atom stereocenters. The lowest BCUT2D eigenvalue weighted by Crippen LogP contribution is -2.28. The number of hydrogen-bond acceptors (Lipinski definition) is 1. The third-order valence-corrected chi connectivity index (χ3v) is 15.8. The van der Waals surface area contributed by atoms with E-state index in [4.69, 9.17) is 0 Å². The van der Waals surface area contributed by atoms with Crippen molar-refractivity contribution < 1.29 is 0 Å². The first-order valence-electron chi connectivity index (χ1n) is 25.2. The molecule has 1 nitrogen and oxygen atoms in total. The minimum atomic E-state index is -0.444. The average Bonchev–Trinajstić information content (AvgIpc) is 3.74. The summed E-state index contributed by atoms with van der Waals surface area (Å²) >= 11 is 0. The highest BCUT2D eigenvalue weighted by molar-refractivity contribution is 6.22. The molecule has 1 aliphatic carbocycles. The van der Waals surface area contributed by atoms with Crippen molar-refractivity contribution in [3.05, 3.63) is 294 Å². The molecule has 0 heterocycles. The molecule has 0 N–H and O–H groups in total. The first-order valence-corrected chi connectivity index (χ1v) is 25.2. The zero-order valence-electron chi connectivity index (χ0n) is 40.3. The zero-order valence-corrected chi connectivity index (χ0v) is 40.3. The predicted octanol–water partition coefficient (Wildman–Crippen LogP) is 19.2. The Kier molecular flexibility index (Phi) is 9.63. The summed E-state index contributed by atoms with van der Waals surface area (Å²) in [6.45, 7) is 4.42. The van der Waals surface area contributed by atoms with Crippen LogP contribution in [0.2, 0.25) is 0 Å². The second-order valence-corrected chi connectivity index (χ2v) is 19.6. The first-order chi connectivity index (χ1) is 35.6. The summed E-state index contributed by atoms with van der Waals surface area (Å²) in [7, 11) is 0. The van der Waals surface area contributed by atoms with E-state index in [9.17, 15) is 0 Å². The van der Waals surface area contributed by atoms with Crippen LogP contribution in [0.15, 0.2) is 261 Å². The summed E-state index contributed by atoms with van der Waals surface area (Å²) in [5.41, 5.74) is 18.3. The summed E-state index contributed by atoms with van der Waals surface area (Å²) in [6, 6.07) is 97.4. The standard InChI is InChI=1S/C71H49N/c1-46-33-41-67(58-26-11-9-23-55(46)58)72(68-42-34-47(2)56-24-10-12-27-59(56)68)54-39-37-48-43-50(36-35-49(48)44-54)69-60-28-13-15-30-62(60)70(63-31-16-14-29-61(63)69)51-38-40-66-64(45-51)57-25-17-18-32-65(57)71(66,52-19-5-3-6-20-52)53-21-7-4-8-22-53/h3-45H,1-2H3. The van der Waals surface area contributed by atoms with Gasteiger partial charge in [0.2, 0.25) is 0 Å². The van der Waals surface area contributed by atoms with E-state index in [1.54, 1.807) is 0 Å². The number of nitrogens with zero attached hydrogens (tertiary/aromatic N) is 1. The van der Waals surface area contributed by atoms with Crippen molar-refractivity contribution in [1.29, 1.82) is 0 Å². The molecule has 13 aromatic carbocycles. The van der Waals surface area contributed by atoms with Crippen LogP contribution in [0.1, 0.15) is 33.4 Å². The van der Waals surface area contributed by atoms with Crippen LogP contribution in [0.5, 0.6) is 0 Å². The molecule has 0 saturated heterocycles. The Morgan fingerprint density at radius 1 is 0.292 bits per heavy atom. The summed E-state index contributed by atoms with van der Waals surface area (Å²) in [5, 5.41) is 12.4. The number of aryl methyl sites for hydroxylation is 2. The Morgan fingerprint density at radius 3 is 1.26 bits per heavy atom. The largest absolute Gasteiger partial charge is 0.309 e. The van der Waals surface area contributed by atoms with Crippen molar-refractivity contribution in [2.24, 2.45) is 0 Å². The minimum absolute atomic E-state index is 0.444. The fraction of sp³-hybridized carbons (Fsp3) is 0.0423. The van der Waals surface area contributed by atoms with Crippen LogP contribution in [0.3, 0.4) is 0 Å². The fourth-order valence-corrected chi connectivity index (χ4v) is 12.5. The monoisotopic (exact) mass is 915 g/mol. The fourth-order valence-electron chi connectivity index (χ4n) is 12.5. The highest BCUT2D eigenvalue weighted by Gasteiger charge is 2.46. The van der Waals surface area contributed by atoms with Crippen LogP contribution >= 0.6 is 0 Å². The van der Waals surface area contributed by atoms with Gasteiger partial charge < -0.3 is 4.90 Å². The van der Waals surface area contributed by atoms with Crippen molar-refractivity contribution in [3.63, 3.8) is 0 Å². The molecule has 0 fully saturated rings. The highest BCUT2D eigenvalue weighted by Crippen LogP contribution is 2.57. The summed E-state index contributed by atoms with van der Waals surface area (Å²) in [5.74, 6) is 0. The summed E-state index contributed by atoms with van der Waals surface area (Å²) < 4.78 is 0. The SMILES string of the molecule is Cc1ccc(N(c2ccc3cc(-c4c5ccccc5c(-c5ccc6c(c5)-c5ccccc5C6(c5ccccc5)c5ccccc5)c5ccccc45)ccc3c2)c2ccc(C)c3ccccc23)c2ccccc12. The summed E-state index contributed by atoms with van der Waals surface area (Å²) in [4.78, 5) is 2.47. The number of anilines is 3. The van der Waals surface area contributed by atoms with Gasteiger partial charge in [-0.25, -0.2) is 0 Å². The van der Waals surface area contributed by atoms with Crippen LogP contribution in [-0.4, -0.2) is 0 Å². The molecule has 0 spiro atoms. The second kappa shape index (κ2) is 16.5. The normalized spacial score (nSPS) is 12.7. The van der Waals surface area contributed by atoms with Gasteiger partial charge in [0.05, 0.1) is 16.8 Å². The molecular weight excluding hydrogens is 867 g/mol. The van der Waals surface area contributed by atoms with Gasteiger partial charge in [-0.05, 0) is 160 Å². The Bertz CT molecular complexity index is 4120. The Morgan fingerprint density at radius 2 is 0.708 bits per heavy atom. The molecule has 1 aliphatic rings. The van der Waals surface area contributed by atoms with Gasteiger partial charge >= 0.3 is 0 Å².